The van der Waals surface area contributed by atoms with Crippen LogP contribution in [0.15, 0.2) is 30.5 Å². The molecule has 0 aliphatic carbocycles. The van der Waals surface area contributed by atoms with Gasteiger partial charge in [-0.2, -0.15) is 5.10 Å². The van der Waals surface area contributed by atoms with Gasteiger partial charge in [0, 0.05) is 25.7 Å². The highest BCUT2D eigenvalue weighted by Crippen LogP contribution is 2.31. The topological polar surface area (TPSA) is 106 Å². The predicted molar refractivity (Wildman–Crippen MR) is 120 cm³/mol. The molecule has 2 N–H and O–H groups in total. The molecular formula is C22H27N7O3. The third-order valence-corrected chi connectivity index (χ3v) is 5.93. The lowest BCUT2D eigenvalue weighted by molar-refractivity contribution is 0.122. The summed E-state index contributed by atoms with van der Waals surface area (Å²) in [4.78, 5) is 23.6. The number of rotatable bonds is 4. The Hall–Kier alpha value is -3.24. The van der Waals surface area contributed by atoms with Gasteiger partial charge in [-0.05, 0) is 50.2 Å². The van der Waals surface area contributed by atoms with Gasteiger partial charge in [-0.1, -0.05) is 0 Å². The SMILES string of the molecule is CNC(=O)Oc1ccc(-c2nc(N3CCOCC3)c3cnn(C4CCNCC4)c3n2)cc1. The van der Waals surface area contributed by atoms with E-state index in [4.69, 9.17) is 24.5 Å². The van der Waals surface area contributed by atoms with Gasteiger partial charge in [0.2, 0.25) is 0 Å². The van der Waals surface area contributed by atoms with Crippen molar-refractivity contribution < 1.29 is 14.3 Å². The predicted octanol–water partition coefficient (Wildman–Crippen LogP) is 1.97. The van der Waals surface area contributed by atoms with Crippen LogP contribution in [0.1, 0.15) is 18.9 Å². The highest BCUT2D eigenvalue weighted by molar-refractivity contribution is 5.89. The lowest BCUT2D eigenvalue weighted by Crippen LogP contribution is -2.37. The molecule has 10 heteroatoms. The first-order valence-electron chi connectivity index (χ1n) is 11.0. The van der Waals surface area contributed by atoms with Crippen molar-refractivity contribution in [2.45, 2.75) is 18.9 Å². The Balaban J connectivity index is 1.56. The molecule has 10 nitrogen and oxygen atoms in total. The summed E-state index contributed by atoms with van der Waals surface area (Å²) in [5, 5.41) is 11.5. The maximum atomic E-state index is 11.5. The Morgan fingerprint density at radius 3 is 2.62 bits per heavy atom. The van der Waals surface area contributed by atoms with Crippen LogP contribution >= 0.6 is 0 Å². The third-order valence-electron chi connectivity index (χ3n) is 5.93. The third kappa shape index (κ3) is 4.11. The lowest BCUT2D eigenvalue weighted by atomic mass is 10.1. The van der Waals surface area contributed by atoms with Crippen LogP contribution < -0.4 is 20.3 Å². The van der Waals surface area contributed by atoms with Crippen LogP contribution in [0.25, 0.3) is 22.4 Å². The van der Waals surface area contributed by atoms with Crippen LogP contribution in [-0.2, 0) is 4.74 Å². The van der Waals surface area contributed by atoms with E-state index >= 15 is 0 Å². The molecular weight excluding hydrogens is 410 g/mol. The van der Waals surface area contributed by atoms with Gasteiger partial charge < -0.3 is 25.0 Å². The summed E-state index contributed by atoms with van der Waals surface area (Å²) in [6, 6.07) is 7.55. The van der Waals surface area contributed by atoms with Crippen LogP contribution in [0.3, 0.4) is 0 Å². The molecule has 5 rings (SSSR count). The molecule has 0 unspecified atom stereocenters. The summed E-state index contributed by atoms with van der Waals surface area (Å²) in [6.45, 7) is 4.87. The zero-order chi connectivity index (χ0) is 21.9. The van der Waals surface area contributed by atoms with Crippen LogP contribution in [-0.4, -0.2) is 72.3 Å². The molecule has 4 heterocycles. The minimum Gasteiger partial charge on any atom is -0.410 e. The number of nitrogens with zero attached hydrogens (tertiary/aromatic N) is 5. The van der Waals surface area contributed by atoms with E-state index in [0.717, 1.165) is 61.4 Å². The largest absolute Gasteiger partial charge is 0.412 e. The van der Waals surface area contributed by atoms with Gasteiger partial charge in [0.25, 0.3) is 0 Å². The molecule has 0 bridgehead atoms. The van der Waals surface area contributed by atoms with Gasteiger partial charge in [-0.25, -0.2) is 19.4 Å². The molecule has 0 radical (unpaired) electrons. The van der Waals surface area contributed by atoms with Gasteiger partial charge in [0.05, 0.1) is 30.8 Å². The smallest absolute Gasteiger partial charge is 0.410 e. The second kappa shape index (κ2) is 9.09. The molecule has 168 valence electrons. The molecule has 0 spiro atoms. The number of morpholine rings is 1. The molecule has 2 fully saturated rings. The first-order valence-corrected chi connectivity index (χ1v) is 11.0. The van der Waals surface area contributed by atoms with Gasteiger partial charge in [-0.15, -0.1) is 0 Å². The van der Waals surface area contributed by atoms with Crippen LogP contribution in [0.5, 0.6) is 5.75 Å². The molecule has 32 heavy (non-hydrogen) atoms. The summed E-state index contributed by atoms with van der Waals surface area (Å²) < 4.78 is 12.8. The summed E-state index contributed by atoms with van der Waals surface area (Å²) in [5.74, 6) is 1.97. The van der Waals surface area contributed by atoms with Crippen molar-refractivity contribution in [1.29, 1.82) is 0 Å². The Kier molecular flexibility index (Phi) is 5.87. The van der Waals surface area contributed by atoms with Crippen molar-refractivity contribution in [2.75, 3.05) is 51.3 Å². The van der Waals surface area contributed by atoms with Gasteiger partial charge in [0.1, 0.15) is 11.6 Å². The molecule has 2 aromatic heterocycles. The Bertz CT molecular complexity index is 1090. The number of ether oxygens (including phenoxy) is 2. The van der Waals surface area contributed by atoms with E-state index in [1.54, 1.807) is 12.1 Å². The van der Waals surface area contributed by atoms with Crippen molar-refractivity contribution in [3.05, 3.63) is 30.5 Å². The molecule has 3 aromatic rings. The molecule has 1 amide bonds. The first kappa shape index (κ1) is 20.7. The van der Waals surface area contributed by atoms with Crippen LogP contribution in [0.2, 0.25) is 0 Å². The summed E-state index contributed by atoms with van der Waals surface area (Å²) >= 11 is 0. The number of anilines is 1. The molecule has 2 saturated heterocycles. The Morgan fingerprint density at radius 2 is 1.91 bits per heavy atom. The van der Waals surface area contributed by atoms with Gasteiger partial charge >= 0.3 is 6.09 Å². The molecule has 2 aliphatic rings. The van der Waals surface area contributed by atoms with Gasteiger partial charge in [-0.3, -0.25) is 0 Å². The number of piperidine rings is 1. The highest BCUT2D eigenvalue weighted by Gasteiger charge is 2.24. The number of carbonyl (C=O) groups excluding carboxylic acids is 1. The van der Waals surface area contributed by atoms with E-state index in [1.807, 2.05) is 18.3 Å². The zero-order valence-electron chi connectivity index (χ0n) is 18.1. The van der Waals surface area contributed by atoms with Crippen molar-refractivity contribution >= 4 is 22.9 Å². The number of carbonyl (C=O) groups is 1. The standard InChI is InChI=1S/C22H27N7O3/c1-23-22(30)32-17-4-2-15(3-5-17)19-26-20(28-10-12-31-13-11-28)18-14-25-29(21(18)27-19)16-6-8-24-9-7-16/h2-5,14,16,24H,6-13H2,1H3,(H,23,30). The van der Waals surface area contributed by atoms with Crippen molar-refractivity contribution in [1.82, 2.24) is 30.4 Å². The Morgan fingerprint density at radius 1 is 1.16 bits per heavy atom. The Labute approximate surface area is 185 Å². The van der Waals surface area contributed by atoms with E-state index in [1.165, 1.54) is 7.05 Å². The fourth-order valence-electron chi connectivity index (χ4n) is 4.20. The average Bonchev–Trinajstić information content (AvgIpc) is 3.29. The molecule has 0 saturated carbocycles. The summed E-state index contributed by atoms with van der Waals surface area (Å²) in [5.41, 5.74) is 1.71. The van der Waals surface area contributed by atoms with E-state index in [0.29, 0.717) is 30.8 Å². The maximum Gasteiger partial charge on any atom is 0.412 e. The van der Waals surface area contributed by atoms with Gasteiger partial charge in [0.15, 0.2) is 11.5 Å². The quantitative estimate of drug-likeness (QED) is 0.638. The summed E-state index contributed by atoms with van der Waals surface area (Å²) in [6.07, 6.45) is 3.44. The van der Waals surface area contributed by atoms with E-state index in [2.05, 4.69) is 20.2 Å². The number of nitrogens with one attached hydrogen (secondary N) is 2. The number of hydrogen-bond acceptors (Lipinski definition) is 8. The number of benzene rings is 1. The van der Waals surface area contributed by atoms with Crippen molar-refractivity contribution in [3.63, 3.8) is 0 Å². The second-order valence-corrected chi connectivity index (χ2v) is 7.94. The van der Waals surface area contributed by atoms with E-state index < -0.39 is 6.09 Å². The van der Waals surface area contributed by atoms with Crippen LogP contribution in [0, 0.1) is 0 Å². The number of aromatic nitrogens is 4. The highest BCUT2D eigenvalue weighted by atomic mass is 16.5. The molecule has 1 aromatic carbocycles. The minimum atomic E-state index is -0.504. The number of amides is 1. The average molecular weight is 438 g/mol. The second-order valence-electron chi connectivity index (χ2n) is 7.94. The first-order chi connectivity index (χ1) is 15.7. The van der Waals surface area contributed by atoms with E-state index in [-0.39, 0.29) is 0 Å². The minimum absolute atomic E-state index is 0.317. The normalized spacial score (nSPS) is 17.5. The van der Waals surface area contributed by atoms with Crippen LogP contribution in [0.4, 0.5) is 10.6 Å². The van der Waals surface area contributed by atoms with Crippen molar-refractivity contribution in [3.8, 4) is 17.1 Å². The summed E-state index contributed by atoms with van der Waals surface area (Å²) in [7, 11) is 1.53. The van der Waals surface area contributed by atoms with E-state index in [9.17, 15) is 4.79 Å². The maximum absolute atomic E-state index is 11.5. The molecule has 0 atom stereocenters. The number of hydrogen-bond donors (Lipinski definition) is 2. The molecule has 2 aliphatic heterocycles. The lowest BCUT2D eigenvalue weighted by Gasteiger charge is -2.28. The monoisotopic (exact) mass is 437 g/mol. The number of fused-ring (bicyclic) bond motifs is 1. The fraction of sp³-hybridized carbons (Fsp3) is 0.455. The zero-order valence-corrected chi connectivity index (χ0v) is 18.1. The van der Waals surface area contributed by atoms with Crippen molar-refractivity contribution in [2.24, 2.45) is 0 Å². The fourth-order valence-corrected chi connectivity index (χ4v) is 4.20.